The van der Waals surface area contributed by atoms with Gasteiger partial charge < -0.3 is 9.47 Å². The molecule has 0 radical (unpaired) electrons. The van der Waals surface area contributed by atoms with Crippen molar-refractivity contribution in [1.82, 2.24) is 28.8 Å². The van der Waals surface area contributed by atoms with Gasteiger partial charge >= 0.3 is 0 Å². The zero-order valence-electron chi connectivity index (χ0n) is 12.3. The van der Waals surface area contributed by atoms with Crippen LogP contribution in [0.2, 0.25) is 0 Å². The third kappa shape index (κ3) is 3.74. The maximum atomic E-state index is 12.1. The van der Waals surface area contributed by atoms with E-state index < -0.39 is 16.3 Å². The summed E-state index contributed by atoms with van der Waals surface area (Å²) in [6.45, 7) is 1.74. The Labute approximate surface area is 123 Å². The number of nitrogens with zero attached hydrogens (tertiary/aromatic N) is 6. The van der Waals surface area contributed by atoms with Gasteiger partial charge in [0, 0.05) is 34.3 Å². The minimum absolute atomic E-state index is 0.177. The average molecular weight is 320 g/mol. The Bertz CT molecular complexity index is 560. The molecule has 1 unspecified atom stereocenters. The fraction of sp³-hybridized carbons (Fsp3) is 0.900. The highest BCUT2D eigenvalue weighted by atomic mass is 32.2. The molecule has 10 nitrogen and oxygen atoms in total. The molecule has 21 heavy (non-hydrogen) atoms. The van der Waals surface area contributed by atoms with Crippen LogP contribution in [0.1, 0.15) is 11.9 Å². The van der Waals surface area contributed by atoms with Crippen molar-refractivity contribution in [2.24, 2.45) is 0 Å². The molecule has 0 saturated carbocycles. The van der Waals surface area contributed by atoms with Crippen molar-refractivity contribution in [2.75, 3.05) is 47.5 Å². The van der Waals surface area contributed by atoms with Crippen molar-refractivity contribution < 1.29 is 17.9 Å². The smallest absolute Gasteiger partial charge is 0.281 e. The molecular weight excluding hydrogens is 300 g/mol. The molecule has 2 heterocycles. The van der Waals surface area contributed by atoms with E-state index >= 15 is 0 Å². The third-order valence-electron chi connectivity index (χ3n) is 3.07. The second kappa shape index (κ2) is 6.75. The largest absolute Gasteiger partial charge is 0.383 e. The van der Waals surface area contributed by atoms with E-state index in [4.69, 9.17) is 9.47 Å². The molecule has 1 fully saturated rings. The summed E-state index contributed by atoms with van der Waals surface area (Å²) in [5.74, 6) is 0.379. The Morgan fingerprint density at radius 2 is 2.24 bits per heavy atom. The number of methoxy groups -OCH3 is 1. The number of aromatic nitrogens is 4. The fourth-order valence-corrected chi connectivity index (χ4v) is 2.97. The summed E-state index contributed by atoms with van der Waals surface area (Å²) >= 11 is 0. The molecule has 11 heteroatoms. The Hall–Kier alpha value is -1.14. The summed E-state index contributed by atoms with van der Waals surface area (Å²) in [6.07, 6.45) is -0.509. The number of hydrogen-bond acceptors (Lipinski definition) is 7. The molecule has 1 aromatic heterocycles. The third-order valence-corrected chi connectivity index (χ3v) is 4.98. The zero-order valence-corrected chi connectivity index (χ0v) is 13.2. The van der Waals surface area contributed by atoms with Gasteiger partial charge in [-0.25, -0.2) is 0 Å². The molecule has 120 valence electrons. The second-order valence-electron chi connectivity index (χ2n) is 4.74. The van der Waals surface area contributed by atoms with Crippen LogP contribution in [0.3, 0.4) is 0 Å². The number of ether oxygens (including phenoxy) is 2. The summed E-state index contributed by atoms with van der Waals surface area (Å²) in [4.78, 5) is 1.40. The van der Waals surface area contributed by atoms with E-state index in [1.807, 2.05) is 0 Å². The predicted molar refractivity (Wildman–Crippen MR) is 72.6 cm³/mol. The molecule has 0 spiro atoms. The first-order valence-corrected chi connectivity index (χ1v) is 7.90. The van der Waals surface area contributed by atoms with Crippen molar-refractivity contribution in [2.45, 2.75) is 12.6 Å². The Balaban J connectivity index is 2.06. The van der Waals surface area contributed by atoms with Crippen LogP contribution < -0.4 is 0 Å². The normalized spacial score (nSPS) is 21.0. The van der Waals surface area contributed by atoms with Gasteiger partial charge in [0.1, 0.15) is 6.10 Å². The molecule has 0 aliphatic carbocycles. The van der Waals surface area contributed by atoms with Crippen molar-refractivity contribution in [3.05, 3.63) is 5.82 Å². The monoisotopic (exact) mass is 320 g/mol. The summed E-state index contributed by atoms with van der Waals surface area (Å²) in [5, 5.41) is 12.0. The number of tetrazole rings is 1. The van der Waals surface area contributed by atoms with Gasteiger partial charge in [-0.1, -0.05) is 0 Å². The van der Waals surface area contributed by atoms with Gasteiger partial charge in [0.05, 0.1) is 19.8 Å². The summed E-state index contributed by atoms with van der Waals surface area (Å²) in [5.41, 5.74) is 0. The van der Waals surface area contributed by atoms with Crippen LogP contribution in [-0.4, -0.2) is 84.7 Å². The lowest BCUT2D eigenvalue weighted by atomic mass is 10.3. The zero-order chi connectivity index (χ0) is 15.5. The number of morpholine rings is 1. The molecule has 1 atom stereocenters. The summed E-state index contributed by atoms with van der Waals surface area (Å²) < 4.78 is 37.3. The van der Waals surface area contributed by atoms with Crippen LogP contribution in [0.25, 0.3) is 0 Å². The van der Waals surface area contributed by atoms with Gasteiger partial charge in [-0.3, -0.25) is 0 Å². The molecule has 0 N–H and O–H groups in total. The first-order valence-electron chi connectivity index (χ1n) is 6.51. The van der Waals surface area contributed by atoms with Crippen LogP contribution in [0.15, 0.2) is 0 Å². The molecular formula is C10H20N6O4S. The molecule has 2 rings (SSSR count). The van der Waals surface area contributed by atoms with E-state index in [2.05, 4.69) is 15.4 Å². The minimum atomic E-state index is -3.46. The van der Waals surface area contributed by atoms with Gasteiger partial charge in [-0.2, -0.15) is 21.8 Å². The maximum absolute atomic E-state index is 12.1. The standard InChI is InChI=1S/C10H20N6O4S/c1-14(2)21(17,18)15-4-7-20-9(8-15)10-11-13-16(12-10)5-6-19-3/h9H,4-8H2,1-3H3. The van der Waals surface area contributed by atoms with E-state index in [-0.39, 0.29) is 6.54 Å². The lowest BCUT2D eigenvalue weighted by Crippen LogP contribution is -2.47. The van der Waals surface area contributed by atoms with E-state index in [1.165, 1.54) is 27.5 Å². The molecule has 0 bridgehead atoms. The van der Waals surface area contributed by atoms with E-state index in [0.717, 1.165) is 0 Å². The second-order valence-corrected chi connectivity index (χ2v) is 6.89. The van der Waals surface area contributed by atoms with Crippen LogP contribution >= 0.6 is 0 Å². The first kappa shape index (κ1) is 16.2. The maximum Gasteiger partial charge on any atom is 0.281 e. The van der Waals surface area contributed by atoms with E-state index in [9.17, 15) is 8.42 Å². The Morgan fingerprint density at radius 1 is 1.48 bits per heavy atom. The van der Waals surface area contributed by atoms with Gasteiger partial charge in [-0.15, -0.1) is 10.2 Å². The van der Waals surface area contributed by atoms with Crippen LogP contribution in [0.5, 0.6) is 0 Å². The average Bonchev–Trinajstić information content (AvgIpc) is 2.94. The highest BCUT2D eigenvalue weighted by Crippen LogP contribution is 2.21. The lowest BCUT2D eigenvalue weighted by Gasteiger charge is -2.32. The SMILES string of the molecule is COCCn1nnc(C2CN(S(=O)(=O)N(C)C)CCO2)n1. The van der Waals surface area contributed by atoms with Crippen LogP contribution in [0, 0.1) is 0 Å². The van der Waals surface area contributed by atoms with Gasteiger partial charge in [0.2, 0.25) is 5.82 Å². The van der Waals surface area contributed by atoms with Crippen molar-refractivity contribution in [3.63, 3.8) is 0 Å². The topological polar surface area (TPSA) is 103 Å². The van der Waals surface area contributed by atoms with Crippen molar-refractivity contribution in [3.8, 4) is 0 Å². The molecule has 1 aromatic rings. The minimum Gasteiger partial charge on any atom is -0.383 e. The number of rotatable bonds is 6. The highest BCUT2D eigenvalue weighted by Gasteiger charge is 2.33. The quantitative estimate of drug-likeness (QED) is 0.628. The summed E-state index contributed by atoms with van der Waals surface area (Å²) in [6, 6.07) is 0. The highest BCUT2D eigenvalue weighted by molar-refractivity contribution is 7.86. The van der Waals surface area contributed by atoms with Gasteiger partial charge in [0.25, 0.3) is 10.2 Å². The fourth-order valence-electron chi connectivity index (χ4n) is 1.87. The van der Waals surface area contributed by atoms with Crippen LogP contribution in [0.4, 0.5) is 0 Å². The van der Waals surface area contributed by atoms with E-state index in [1.54, 1.807) is 7.11 Å². The molecule has 1 aliphatic heterocycles. The van der Waals surface area contributed by atoms with Crippen molar-refractivity contribution in [1.29, 1.82) is 0 Å². The van der Waals surface area contributed by atoms with E-state index in [0.29, 0.717) is 32.1 Å². The first-order chi connectivity index (χ1) is 9.95. The number of hydrogen-bond donors (Lipinski definition) is 0. The molecule has 1 aliphatic rings. The Kier molecular flexibility index (Phi) is 5.22. The van der Waals surface area contributed by atoms with Crippen LogP contribution in [-0.2, 0) is 26.2 Å². The lowest BCUT2D eigenvalue weighted by molar-refractivity contribution is -0.00900. The molecule has 0 aromatic carbocycles. The predicted octanol–water partition coefficient (Wildman–Crippen LogP) is -1.50. The van der Waals surface area contributed by atoms with Gasteiger partial charge in [0.15, 0.2) is 0 Å². The summed E-state index contributed by atoms with van der Waals surface area (Å²) in [7, 11) is 1.12. The molecule has 1 saturated heterocycles. The molecule has 0 amide bonds. The van der Waals surface area contributed by atoms with Gasteiger partial charge in [-0.05, 0) is 5.21 Å². The van der Waals surface area contributed by atoms with Crippen molar-refractivity contribution >= 4 is 10.2 Å². The Morgan fingerprint density at radius 3 is 2.90 bits per heavy atom.